The predicted octanol–water partition coefficient (Wildman–Crippen LogP) is 3.78. The van der Waals surface area contributed by atoms with Crippen LogP contribution in [0.25, 0.3) is 0 Å². The number of nitrogens with one attached hydrogen (secondary N) is 3. The van der Waals surface area contributed by atoms with Crippen molar-refractivity contribution in [2.45, 2.75) is 19.9 Å². The van der Waals surface area contributed by atoms with Gasteiger partial charge in [-0.1, -0.05) is 48.0 Å². The normalized spacial score (nSPS) is 10.7. The van der Waals surface area contributed by atoms with Crippen molar-refractivity contribution in [2.75, 3.05) is 25.5 Å². The molecule has 4 nitrogen and oxygen atoms in total. The lowest BCUT2D eigenvalue weighted by Crippen LogP contribution is -2.37. The van der Waals surface area contributed by atoms with Crippen LogP contribution in [0.15, 0.2) is 59.6 Å². The fourth-order valence-electron chi connectivity index (χ4n) is 2.31. The molecule has 2 rings (SSSR count). The molecule has 0 fully saturated rings. The molecular weight excluding hydrogens is 411 g/mol. The van der Waals surface area contributed by atoms with Crippen LogP contribution in [0.5, 0.6) is 0 Å². The van der Waals surface area contributed by atoms with Crippen LogP contribution >= 0.6 is 24.0 Å². The molecule has 0 aliphatic heterocycles. The minimum atomic E-state index is 0. The molecule has 0 unspecified atom stereocenters. The number of aryl methyl sites for hydroxylation is 1. The van der Waals surface area contributed by atoms with Gasteiger partial charge in [0.2, 0.25) is 0 Å². The summed E-state index contributed by atoms with van der Waals surface area (Å²) in [5.74, 6) is 0.839. The van der Waals surface area contributed by atoms with Crippen LogP contribution in [0.4, 0.5) is 5.69 Å². The molecule has 24 heavy (non-hydrogen) atoms. The summed E-state index contributed by atoms with van der Waals surface area (Å²) in [4.78, 5) is 4.26. The Balaban J connectivity index is 0.00000288. The van der Waals surface area contributed by atoms with Gasteiger partial charge >= 0.3 is 0 Å². The second kappa shape index (κ2) is 11.7. The molecule has 0 spiro atoms. The molecule has 2 aromatic rings. The van der Waals surface area contributed by atoms with Crippen LogP contribution in [-0.4, -0.2) is 26.1 Å². The van der Waals surface area contributed by atoms with Crippen LogP contribution in [-0.2, 0) is 6.54 Å². The van der Waals surface area contributed by atoms with Gasteiger partial charge in [-0.05, 0) is 31.0 Å². The Kier molecular flexibility index (Phi) is 9.91. The number of nitrogens with zero attached hydrogens (tertiary/aromatic N) is 1. The first kappa shape index (κ1) is 20.3. The lowest BCUT2D eigenvalue weighted by molar-refractivity contribution is 0.762. The molecule has 3 N–H and O–H groups in total. The largest absolute Gasteiger partial charge is 0.385 e. The summed E-state index contributed by atoms with van der Waals surface area (Å²) in [6.07, 6.45) is 1.03. The number of hydrogen-bond donors (Lipinski definition) is 3. The van der Waals surface area contributed by atoms with Crippen LogP contribution in [0.3, 0.4) is 0 Å². The van der Waals surface area contributed by atoms with E-state index in [1.54, 1.807) is 7.05 Å². The number of halogens is 1. The SMILES string of the molecule is CN=C(NCCCNc1ccccc1)NCc1cccc(C)c1.I. The summed E-state index contributed by atoms with van der Waals surface area (Å²) >= 11 is 0. The number of anilines is 1. The molecule has 2 aromatic carbocycles. The van der Waals surface area contributed by atoms with Crippen molar-refractivity contribution in [1.29, 1.82) is 0 Å². The Bertz CT molecular complexity index is 614. The zero-order valence-electron chi connectivity index (χ0n) is 14.4. The molecule has 0 bridgehead atoms. The van der Waals surface area contributed by atoms with E-state index in [-0.39, 0.29) is 24.0 Å². The van der Waals surface area contributed by atoms with E-state index in [0.717, 1.165) is 37.7 Å². The number of aliphatic imine (C=N–C) groups is 1. The lowest BCUT2D eigenvalue weighted by Gasteiger charge is -2.12. The number of rotatable bonds is 7. The fraction of sp³-hybridized carbons (Fsp3) is 0.316. The number of benzene rings is 2. The van der Waals surface area contributed by atoms with Gasteiger partial charge in [-0.15, -0.1) is 24.0 Å². The quantitative estimate of drug-likeness (QED) is 0.267. The lowest BCUT2D eigenvalue weighted by atomic mass is 10.1. The zero-order chi connectivity index (χ0) is 16.3. The summed E-state index contributed by atoms with van der Waals surface area (Å²) in [5, 5.41) is 10.1. The molecule has 0 atom stereocenters. The molecule has 0 heterocycles. The molecule has 0 aliphatic carbocycles. The Morgan fingerprint density at radius 2 is 1.75 bits per heavy atom. The minimum Gasteiger partial charge on any atom is -0.385 e. The van der Waals surface area contributed by atoms with Gasteiger partial charge in [-0.25, -0.2) is 0 Å². The Hall–Kier alpha value is -1.76. The monoisotopic (exact) mass is 438 g/mol. The summed E-state index contributed by atoms with van der Waals surface area (Å²) < 4.78 is 0. The molecule has 0 amide bonds. The first-order valence-electron chi connectivity index (χ1n) is 8.07. The van der Waals surface area contributed by atoms with Crippen molar-refractivity contribution in [3.63, 3.8) is 0 Å². The van der Waals surface area contributed by atoms with Crippen LogP contribution in [0.2, 0.25) is 0 Å². The molecule has 5 heteroatoms. The van der Waals surface area contributed by atoms with Crippen molar-refractivity contribution >= 4 is 35.6 Å². The maximum Gasteiger partial charge on any atom is 0.191 e. The highest BCUT2D eigenvalue weighted by molar-refractivity contribution is 14.0. The van der Waals surface area contributed by atoms with Gasteiger partial charge in [0, 0.05) is 32.4 Å². The molecule has 0 saturated carbocycles. The molecule has 0 aromatic heterocycles. The van der Waals surface area contributed by atoms with Crippen molar-refractivity contribution in [3.05, 3.63) is 65.7 Å². The third kappa shape index (κ3) is 7.68. The first-order chi connectivity index (χ1) is 11.3. The average Bonchev–Trinajstić information content (AvgIpc) is 2.58. The van der Waals surface area contributed by atoms with Crippen molar-refractivity contribution in [1.82, 2.24) is 10.6 Å². The van der Waals surface area contributed by atoms with Gasteiger partial charge in [0.1, 0.15) is 0 Å². The fourth-order valence-corrected chi connectivity index (χ4v) is 2.31. The first-order valence-corrected chi connectivity index (χ1v) is 8.07. The van der Waals surface area contributed by atoms with E-state index < -0.39 is 0 Å². The molecular formula is C19H27IN4. The van der Waals surface area contributed by atoms with Crippen molar-refractivity contribution in [2.24, 2.45) is 4.99 Å². The van der Waals surface area contributed by atoms with Crippen LogP contribution < -0.4 is 16.0 Å². The second-order valence-corrected chi connectivity index (χ2v) is 5.49. The van der Waals surface area contributed by atoms with Gasteiger partial charge in [0.05, 0.1) is 0 Å². The summed E-state index contributed by atoms with van der Waals surface area (Å²) in [5.41, 5.74) is 3.70. The third-order valence-electron chi connectivity index (χ3n) is 3.51. The number of guanidine groups is 1. The summed E-state index contributed by atoms with van der Waals surface area (Å²) in [6, 6.07) is 18.8. The highest BCUT2D eigenvalue weighted by Crippen LogP contribution is 2.04. The van der Waals surface area contributed by atoms with Crippen LogP contribution in [0, 0.1) is 6.92 Å². The van der Waals surface area contributed by atoms with Crippen LogP contribution in [0.1, 0.15) is 17.5 Å². The van der Waals surface area contributed by atoms with Gasteiger partial charge in [-0.2, -0.15) is 0 Å². The molecule has 0 aliphatic rings. The second-order valence-electron chi connectivity index (χ2n) is 5.49. The summed E-state index contributed by atoms with van der Waals surface area (Å²) in [6.45, 7) is 4.71. The van der Waals surface area contributed by atoms with Gasteiger partial charge < -0.3 is 16.0 Å². The number of hydrogen-bond acceptors (Lipinski definition) is 2. The van der Waals surface area contributed by atoms with E-state index in [0.29, 0.717) is 0 Å². The molecule has 0 radical (unpaired) electrons. The van der Waals surface area contributed by atoms with Gasteiger partial charge in [-0.3, -0.25) is 4.99 Å². The zero-order valence-corrected chi connectivity index (χ0v) is 16.7. The molecule has 0 saturated heterocycles. The Morgan fingerprint density at radius 1 is 0.958 bits per heavy atom. The van der Waals surface area contributed by atoms with E-state index in [4.69, 9.17) is 0 Å². The number of para-hydroxylation sites is 1. The van der Waals surface area contributed by atoms with Gasteiger partial charge in [0.25, 0.3) is 0 Å². The van der Waals surface area contributed by atoms with E-state index in [1.165, 1.54) is 11.1 Å². The predicted molar refractivity (Wildman–Crippen MR) is 114 cm³/mol. The average molecular weight is 438 g/mol. The van der Waals surface area contributed by atoms with Crippen molar-refractivity contribution in [3.8, 4) is 0 Å². The Morgan fingerprint density at radius 3 is 2.46 bits per heavy atom. The highest BCUT2D eigenvalue weighted by Gasteiger charge is 1.98. The smallest absolute Gasteiger partial charge is 0.191 e. The van der Waals surface area contributed by atoms with Gasteiger partial charge in [0.15, 0.2) is 5.96 Å². The maximum atomic E-state index is 4.26. The minimum absolute atomic E-state index is 0. The topological polar surface area (TPSA) is 48.5 Å². The van der Waals surface area contributed by atoms with E-state index >= 15 is 0 Å². The van der Waals surface area contributed by atoms with Crippen molar-refractivity contribution < 1.29 is 0 Å². The summed E-state index contributed by atoms with van der Waals surface area (Å²) in [7, 11) is 1.80. The maximum absolute atomic E-state index is 4.26. The van der Waals surface area contributed by atoms with E-state index in [1.807, 2.05) is 18.2 Å². The molecule has 130 valence electrons. The van der Waals surface area contributed by atoms with E-state index in [9.17, 15) is 0 Å². The highest BCUT2D eigenvalue weighted by atomic mass is 127. The third-order valence-corrected chi connectivity index (χ3v) is 3.51. The Labute approximate surface area is 162 Å². The standard InChI is InChI=1S/C19H26N4.HI/c1-16-8-6-9-17(14-16)15-23-19(20-2)22-13-7-12-21-18-10-4-3-5-11-18;/h3-6,8-11,14,21H,7,12-13,15H2,1-2H3,(H2,20,22,23);1H. The van der Waals surface area contributed by atoms with E-state index in [2.05, 4.69) is 64.3 Å².